The van der Waals surface area contributed by atoms with Crippen LogP contribution in [0.1, 0.15) is 42.2 Å². The molecule has 2 amide bonds. The Bertz CT molecular complexity index is 1080. The first-order valence-corrected chi connectivity index (χ1v) is 10.3. The van der Waals surface area contributed by atoms with E-state index < -0.39 is 0 Å². The smallest absolute Gasteiger partial charge is 0.258 e. The lowest BCUT2D eigenvalue weighted by Crippen LogP contribution is -2.47. The third-order valence-corrected chi connectivity index (χ3v) is 5.71. The molecule has 6 heteroatoms. The number of carbonyl (C=O) groups excluding carboxylic acids is 2. The molecule has 3 aromatic rings. The van der Waals surface area contributed by atoms with E-state index >= 15 is 0 Å². The lowest BCUT2D eigenvalue weighted by molar-refractivity contribution is -0.117. The first kappa shape index (κ1) is 20.6. The number of aromatic nitrogens is 1. The third kappa shape index (κ3) is 3.89. The SMILES string of the molecule is COc1ccc(C(=O)N2c3ccccc3C(N(C(C)=O)c3ccncc3)CC2C)cc1. The molecule has 0 saturated carbocycles. The second-order valence-electron chi connectivity index (χ2n) is 7.66. The summed E-state index contributed by atoms with van der Waals surface area (Å²) >= 11 is 0. The Labute approximate surface area is 182 Å². The standard InChI is InChI=1S/C25H25N3O3/c1-17-16-24(28(18(2)29)20-12-14-26-15-13-20)22-6-4-5-7-23(22)27(17)25(30)19-8-10-21(31-3)11-9-19/h4-15,17,24H,16H2,1-3H3. The fourth-order valence-corrected chi connectivity index (χ4v) is 4.29. The fraction of sp³-hybridized carbons (Fsp3) is 0.240. The number of amides is 2. The maximum atomic E-state index is 13.4. The second-order valence-corrected chi connectivity index (χ2v) is 7.66. The van der Waals surface area contributed by atoms with Crippen LogP contribution in [0.4, 0.5) is 11.4 Å². The minimum Gasteiger partial charge on any atom is -0.497 e. The zero-order valence-corrected chi connectivity index (χ0v) is 17.9. The number of nitrogens with zero attached hydrogens (tertiary/aromatic N) is 3. The summed E-state index contributed by atoms with van der Waals surface area (Å²) in [6.45, 7) is 3.60. The van der Waals surface area contributed by atoms with Gasteiger partial charge < -0.3 is 14.5 Å². The molecular formula is C25H25N3O3. The molecule has 1 aliphatic rings. The molecule has 0 radical (unpaired) electrons. The number of hydrogen-bond donors (Lipinski definition) is 0. The van der Waals surface area contributed by atoms with E-state index in [0.29, 0.717) is 17.7 Å². The summed E-state index contributed by atoms with van der Waals surface area (Å²) in [5, 5.41) is 0. The van der Waals surface area contributed by atoms with Gasteiger partial charge in [-0.15, -0.1) is 0 Å². The minimum atomic E-state index is -0.175. The molecule has 0 N–H and O–H groups in total. The van der Waals surface area contributed by atoms with E-state index in [1.54, 1.807) is 55.6 Å². The van der Waals surface area contributed by atoms with Crippen LogP contribution in [-0.2, 0) is 4.79 Å². The second kappa shape index (κ2) is 8.60. The number of carbonyl (C=O) groups is 2. The summed E-state index contributed by atoms with van der Waals surface area (Å²) in [6.07, 6.45) is 3.99. The Morgan fingerprint density at radius 1 is 1.03 bits per heavy atom. The van der Waals surface area contributed by atoms with Gasteiger partial charge in [-0.3, -0.25) is 14.6 Å². The van der Waals surface area contributed by atoms with Gasteiger partial charge in [0.25, 0.3) is 5.91 Å². The van der Waals surface area contributed by atoms with Gasteiger partial charge >= 0.3 is 0 Å². The Morgan fingerprint density at radius 2 is 1.71 bits per heavy atom. The van der Waals surface area contributed by atoms with E-state index in [4.69, 9.17) is 4.74 Å². The maximum absolute atomic E-state index is 13.4. The quantitative estimate of drug-likeness (QED) is 0.624. The van der Waals surface area contributed by atoms with Crippen LogP contribution in [0.2, 0.25) is 0 Å². The van der Waals surface area contributed by atoms with E-state index in [-0.39, 0.29) is 23.9 Å². The van der Waals surface area contributed by atoms with E-state index in [2.05, 4.69) is 4.98 Å². The van der Waals surface area contributed by atoms with Gasteiger partial charge in [-0.1, -0.05) is 18.2 Å². The summed E-state index contributed by atoms with van der Waals surface area (Å²) in [5.41, 5.74) is 3.17. The molecule has 0 spiro atoms. The van der Waals surface area contributed by atoms with Gasteiger partial charge in [0, 0.05) is 42.3 Å². The lowest BCUT2D eigenvalue weighted by atomic mass is 9.89. The highest BCUT2D eigenvalue weighted by Gasteiger charge is 2.38. The largest absolute Gasteiger partial charge is 0.497 e. The number of methoxy groups -OCH3 is 1. The summed E-state index contributed by atoms with van der Waals surface area (Å²) < 4.78 is 5.21. The average molecular weight is 415 g/mol. The van der Waals surface area contributed by atoms with Crippen molar-refractivity contribution in [3.05, 3.63) is 84.2 Å². The van der Waals surface area contributed by atoms with Crippen LogP contribution in [0.5, 0.6) is 5.75 Å². The van der Waals surface area contributed by atoms with Crippen LogP contribution in [0.25, 0.3) is 0 Å². The van der Waals surface area contributed by atoms with Gasteiger partial charge in [-0.05, 0) is 61.4 Å². The van der Waals surface area contributed by atoms with Crippen molar-refractivity contribution in [2.24, 2.45) is 0 Å². The van der Waals surface area contributed by atoms with Crippen molar-refractivity contribution in [3.63, 3.8) is 0 Å². The van der Waals surface area contributed by atoms with Crippen LogP contribution >= 0.6 is 0 Å². The molecule has 1 aliphatic heterocycles. The number of anilines is 2. The molecule has 0 aliphatic carbocycles. The van der Waals surface area contributed by atoms with Gasteiger partial charge in [0.1, 0.15) is 5.75 Å². The highest BCUT2D eigenvalue weighted by atomic mass is 16.5. The van der Waals surface area contributed by atoms with Crippen LogP contribution in [0.3, 0.4) is 0 Å². The van der Waals surface area contributed by atoms with Crippen molar-refractivity contribution in [2.75, 3.05) is 16.9 Å². The molecule has 2 aromatic carbocycles. The number of ether oxygens (including phenoxy) is 1. The molecule has 2 heterocycles. The van der Waals surface area contributed by atoms with Crippen molar-refractivity contribution < 1.29 is 14.3 Å². The monoisotopic (exact) mass is 415 g/mol. The fourth-order valence-electron chi connectivity index (χ4n) is 4.29. The predicted molar refractivity (Wildman–Crippen MR) is 120 cm³/mol. The molecule has 0 saturated heterocycles. The third-order valence-electron chi connectivity index (χ3n) is 5.71. The average Bonchev–Trinajstić information content (AvgIpc) is 2.79. The summed E-state index contributed by atoms with van der Waals surface area (Å²) in [5.74, 6) is 0.589. The predicted octanol–water partition coefficient (Wildman–Crippen LogP) is 4.62. The summed E-state index contributed by atoms with van der Waals surface area (Å²) in [6, 6.07) is 18.4. The van der Waals surface area contributed by atoms with E-state index in [1.807, 2.05) is 48.2 Å². The molecule has 0 fully saturated rings. The molecular weight excluding hydrogens is 390 g/mol. The molecule has 158 valence electrons. The minimum absolute atomic E-state index is 0.0480. The number of benzene rings is 2. The number of hydrogen-bond acceptors (Lipinski definition) is 4. The van der Waals surface area contributed by atoms with Crippen molar-refractivity contribution in [1.82, 2.24) is 4.98 Å². The van der Waals surface area contributed by atoms with Gasteiger partial charge in [0.2, 0.25) is 5.91 Å². The molecule has 2 atom stereocenters. The highest BCUT2D eigenvalue weighted by Crippen LogP contribution is 2.42. The van der Waals surface area contributed by atoms with Gasteiger partial charge in [0.05, 0.1) is 13.2 Å². The Kier molecular flexibility index (Phi) is 5.71. The van der Waals surface area contributed by atoms with E-state index in [1.165, 1.54) is 0 Å². The van der Waals surface area contributed by atoms with Gasteiger partial charge in [-0.25, -0.2) is 0 Å². The number of para-hydroxylation sites is 1. The van der Waals surface area contributed by atoms with Crippen molar-refractivity contribution in [2.45, 2.75) is 32.4 Å². The lowest BCUT2D eigenvalue weighted by Gasteiger charge is -2.43. The van der Waals surface area contributed by atoms with E-state index in [9.17, 15) is 9.59 Å². The van der Waals surface area contributed by atoms with Crippen molar-refractivity contribution in [1.29, 1.82) is 0 Å². The zero-order valence-electron chi connectivity index (χ0n) is 17.9. The number of fused-ring (bicyclic) bond motifs is 1. The first-order valence-electron chi connectivity index (χ1n) is 10.3. The maximum Gasteiger partial charge on any atom is 0.258 e. The van der Waals surface area contributed by atoms with Crippen LogP contribution in [-0.4, -0.2) is 29.9 Å². The van der Waals surface area contributed by atoms with E-state index in [0.717, 1.165) is 16.9 Å². The Balaban J connectivity index is 1.75. The van der Waals surface area contributed by atoms with Gasteiger partial charge in [0.15, 0.2) is 0 Å². The van der Waals surface area contributed by atoms with Crippen LogP contribution in [0, 0.1) is 0 Å². The Morgan fingerprint density at radius 3 is 2.35 bits per heavy atom. The van der Waals surface area contributed by atoms with Crippen LogP contribution < -0.4 is 14.5 Å². The molecule has 4 rings (SSSR count). The highest BCUT2D eigenvalue weighted by molar-refractivity contribution is 6.07. The normalized spacial score (nSPS) is 17.6. The molecule has 2 unspecified atom stereocenters. The molecule has 6 nitrogen and oxygen atoms in total. The van der Waals surface area contributed by atoms with Gasteiger partial charge in [-0.2, -0.15) is 0 Å². The Hall–Kier alpha value is -3.67. The summed E-state index contributed by atoms with van der Waals surface area (Å²) in [4.78, 5) is 33.8. The number of rotatable bonds is 4. The molecule has 1 aromatic heterocycles. The topological polar surface area (TPSA) is 62.7 Å². The van der Waals surface area contributed by atoms with Crippen molar-refractivity contribution >= 4 is 23.2 Å². The first-order chi connectivity index (χ1) is 15.0. The van der Waals surface area contributed by atoms with Crippen LogP contribution in [0.15, 0.2) is 73.1 Å². The zero-order chi connectivity index (χ0) is 22.0. The molecule has 31 heavy (non-hydrogen) atoms. The molecule has 0 bridgehead atoms. The number of pyridine rings is 1. The van der Waals surface area contributed by atoms with Crippen molar-refractivity contribution in [3.8, 4) is 5.75 Å². The summed E-state index contributed by atoms with van der Waals surface area (Å²) in [7, 11) is 1.60.